The first-order valence-electron chi connectivity index (χ1n) is 7.76. The SMILES string of the molecule is Cc1ccc2nc(CCCC3CCCCC3)[nH]c2c1. The number of imidazole rings is 1. The second-order valence-corrected chi connectivity index (χ2v) is 6.10. The van der Waals surface area contributed by atoms with E-state index in [4.69, 9.17) is 0 Å². The van der Waals surface area contributed by atoms with Gasteiger partial charge in [0.15, 0.2) is 0 Å². The fourth-order valence-electron chi connectivity index (χ4n) is 3.33. The summed E-state index contributed by atoms with van der Waals surface area (Å²) in [6.07, 6.45) is 11.0. The van der Waals surface area contributed by atoms with E-state index in [2.05, 4.69) is 35.1 Å². The Labute approximate surface area is 115 Å². The molecule has 2 nitrogen and oxygen atoms in total. The van der Waals surface area contributed by atoms with Gasteiger partial charge in [-0.25, -0.2) is 4.98 Å². The normalized spacial score (nSPS) is 17.1. The van der Waals surface area contributed by atoms with Gasteiger partial charge in [0.25, 0.3) is 0 Å². The van der Waals surface area contributed by atoms with Gasteiger partial charge in [-0.3, -0.25) is 0 Å². The van der Waals surface area contributed by atoms with Crippen molar-refractivity contribution in [2.75, 3.05) is 0 Å². The van der Waals surface area contributed by atoms with Crippen molar-refractivity contribution >= 4 is 11.0 Å². The van der Waals surface area contributed by atoms with Gasteiger partial charge in [0, 0.05) is 6.42 Å². The number of fused-ring (bicyclic) bond motifs is 1. The summed E-state index contributed by atoms with van der Waals surface area (Å²) in [6.45, 7) is 2.13. The molecule has 1 aliphatic carbocycles. The first kappa shape index (κ1) is 12.7. The number of aryl methyl sites for hydroxylation is 2. The van der Waals surface area contributed by atoms with Gasteiger partial charge in [-0.15, -0.1) is 0 Å². The van der Waals surface area contributed by atoms with Crippen LogP contribution in [-0.2, 0) is 6.42 Å². The molecule has 0 unspecified atom stereocenters. The quantitative estimate of drug-likeness (QED) is 0.838. The largest absolute Gasteiger partial charge is 0.342 e. The van der Waals surface area contributed by atoms with Gasteiger partial charge >= 0.3 is 0 Å². The molecule has 0 amide bonds. The van der Waals surface area contributed by atoms with Gasteiger partial charge in [0.2, 0.25) is 0 Å². The third-order valence-electron chi connectivity index (χ3n) is 4.44. The Bertz CT molecular complexity index is 535. The van der Waals surface area contributed by atoms with E-state index in [1.807, 2.05) is 0 Å². The van der Waals surface area contributed by atoms with Crippen molar-refractivity contribution in [2.45, 2.75) is 58.3 Å². The van der Waals surface area contributed by atoms with Crippen molar-refractivity contribution in [3.05, 3.63) is 29.6 Å². The van der Waals surface area contributed by atoms with Crippen LogP contribution < -0.4 is 0 Å². The Morgan fingerprint density at radius 3 is 2.89 bits per heavy atom. The van der Waals surface area contributed by atoms with Crippen LogP contribution >= 0.6 is 0 Å². The molecule has 1 aromatic heterocycles. The summed E-state index contributed by atoms with van der Waals surface area (Å²) in [6, 6.07) is 6.44. The van der Waals surface area contributed by atoms with Crippen molar-refractivity contribution in [1.29, 1.82) is 0 Å². The molecule has 0 aliphatic heterocycles. The monoisotopic (exact) mass is 256 g/mol. The van der Waals surface area contributed by atoms with Crippen LogP contribution in [0.1, 0.15) is 56.3 Å². The number of benzene rings is 1. The van der Waals surface area contributed by atoms with Crippen LogP contribution in [0.15, 0.2) is 18.2 Å². The van der Waals surface area contributed by atoms with Crippen molar-refractivity contribution in [2.24, 2.45) is 5.92 Å². The van der Waals surface area contributed by atoms with E-state index in [0.29, 0.717) is 0 Å². The lowest BCUT2D eigenvalue weighted by atomic mass is 9.86. The lowest BCUT2D eigenvalue weighted by Gasteiger charge is -2.20. The summed E-state index contributed by atoms with van der Waals surface area (Å²) in [5.41, 5.74) is 3.59. The third-order valence-corrected chi connectivity index (χ3v) is 4.44. The molecule has 102 valence electrons. The van der Waals surface area contributed by atoms with E-state index in [0.717, 1.165) is 23.7 Å². The van der Waals surface area contributed by atoms with E-state index in [1.54, 1.807) is 0 Å². The zero-order valence-electron chi connectivity index (χ0n) is 11.9. The number of aromatic amines is 1. The lowest BCUT2D eigenvalue weighted by Crippen LogP contribution is -2.06. The highest BCUT2D eigenvalue weighted by Gasteiger charge is 2.13. The summed E-state index contributed by atoms with van der Waals surface area (Å²) in [7, 11) is 0. The Morgan fingerprint density at radius 2 is 2.05 bits per heavy atom. The maximum absolute atomic E-state index is 4.68. The average molecular weight is 256 g/mol. The van der Waals surface area contributed by atoms with Gasteiger partial charge in [-0.2, -0.15) is 0 Å². The first-order valence-corrected chi connectivity index (χ1v) is 7.76. The van der Waals surface area contributed by atoms with Crippen LogP contribution in [-0.4, -0.2) is 9.97 Å². The van der Waals surface area contributed by atoms with Gasteiger partial charge < -0.3 is 4.98 Å². The molecule has 0 spiro atoms. The number of H-pyrrole nitrogens is 1. The highest BCUT2D eigenvalue weighted by Crippen LogP contribution is 2.27. The highest BCUT2D eigenvalue weighted by molar-refractivity contribution is 5.75. The Hall–Kier alpha value is -1.31. The maximum atomic E-state index is 4.68. The summed E-state index contributed by atoms with van der Waals surface area (Å²) >= 11 is 0. The molecular formula is C17H24N2. The number of rotatable bonds is 4. The fraction of sp³-hybridized carbons (Fsp3) is 0.588. The Morgan fingerprint density at radius 1 is 1.21 bits per heavy atom. The zero-order chi connectivity index (χ0) is 13.1. The van der Waals surface area contributed by atoms with Crippen LogP contribution in [0.2, 0.25) is 0 Å². The number of nitrogens with zero attached hydrogens (tertiary/aromatic N) is 1. The standard InChI is InChI=1S/C17H24N2/c1-13-10-11-15-16(12-13)19-17(18-15)9-5-8-14-6-3-2-4-7-14/h10-12,14H,2-9H2,1H3,(H,18,19). The smallest absolute Gasteiger partial charge is 0.107 e. The molecule has 1 N–H and O–H groups in total. The first-order chi connectivity index (χ1) is 9.31. The van der Waals surface area contributed by atoms with Gasteiger partial charge in [-0.1, -0.05) is 44.6 Å². The number of hydrogen-bond donors (Lipinski definition) is 1. The average Bonchev–Trinajstić information content (AvgIpc) is 2.82. The lowest BCUT2D eigenvalue weighted by molar-refractivity contribution is 0.332. The maximum Gasteiger partial charge on any atom is 0.107 e. The number of aromatic nitrogens is 2. The van der Waals surface area contributed by atoms with Crippen LogP contribution in [0.25, 0.3) is 11.0 Å². The van der Waals surface area contributed by atoms with Crippen molar-refractivity contribution in [3.8, 4) is 0 Å². The minimum atomic E-state index is 0.986. The molecule has 1 aromatic carbocycles. The Kier molecular flexibility index (Phi) is 3.86. The molecule has 2 heteroatoms. The minimum absolute atomic E-state index is 0.986. The molecule has 0 atom stereocenters. The molecule has 19 heavy (non-hydrogen) atoms. The summed E-state index contributed by atoms with van der Waals surface area (Å²) < 4.78 is 0. The molecule has 1 fully saturated rings. The Balaban J connectivity index is 1.56. The van der Waals surface area contributed by atoms with Crippen molar-refractivity contribution in [3.63, 3.8) is 0 Å². The molecule has 1 saturated carbocycles. The van der Waals surface area contributed by atoms with E-state index in [-0.39, 0.29) is 0 Å². The van der Waals surface area contributed by atoms with Crippen LogP contribution in [0.3, 0.4) is 0 Å². The molecule has 2 aromatic rings. The molecule has 0 bridgehead atoms. The van der Waals surface area contributed by atoms with E-state index in [9.17, 15) is 0 Å². The van der Waals surface area contributed by atoms with Gasteiger partial charge in [-0.05, 0) is 37.0 Å². The highest BCUT2D eigenvalue weighted by atomic mass is 14.9. The summed E-state index contributed by atoms with van der Waals surface area (Å²) in [5.74, 6) is 2.15. The van der Waals surface area contributed by atoms with Crippen LogP contribution in [0.5, 0.6) is 0 Å². The number of hydrogen-bond acceptors (Lipinski definition) is 1. The second kappa shape index (κ2) is 5.77. The molecular weight excluding hydrogens is 232 g/mol. The number of nitrogens with one attached hydrogen (secondary N) is 1. The summed E-state index contributed by atoms with van der Waals surface area (Å²) in [5, 5.41) is 0. The van der Waals surface area contributed by atoms with E-state index >= 15 is 0 Å². The zero-order valence-corrected chi connectivity index (χ0v) is 11.9. The van der Waals surface area contributed by atoms with E-state index < -0.39 is 0 Å². The van der Waals surface area contributed by atoms with Gasteiger partial charge in [0.05, 0.1) is 11.0 Å². The molecule has 3 rings (SSSR count). The van der Waals surface area contributed by atoms with Crippen molar-refractivity contribution in [1.82, 2.24) is 9.97 Å². The second-order valence-electron chi connectivity index (χ2n) is 6.10. The molecule has 1 aliphatic rings. The fourth-order valence-corrected chi connectivity index (χ4v) is 3.33. The van der Waals surface area contributed by atoms with Crippen LogP contribution in [0, 0.1) is 12.8 Å². The van der Waals surface area contributed by atoms with Crippen LogP contribution in [0.4, 0.5) is 0 Å². The molecule has 1 heterocycles. The topological polar surface area (TPSA) is 28.7 Å². The van der Waals surface area contributed by atoms with Crippen molar-refractivity contribution < 1.29 is 0 Å². The molecule has 0 saturated heterocycles. The summed E-state index contributed by atoms with van der Waals surface area (Å²) in [4.78, 5) is 8.14. The minimum Gasteiger partial charge on any atom is -0.342 e. The van der Waals surface area contributed by atoms with E-state index in [1.165, 1.54) is 56.0 Å². The molecule has 0 radical (unpaired) electrons. The predicted molar refractivity (Wildman–Crippen MR) is 80.3 cm³/mol. The predicted octanol–water partition coefficient (Wildman–Crippen LogP) is 4.77. The third kappa shape index (κ3) is 3.17. The van der Waals surface area contributed by atoms with Gasteiger partial charge in [0.1, 0.15) is 5.82 Å².